The zero-order chi connectivity index (χ0) is 15.9. The number of rotatable bonds is 5. The number of hydrogen-bond acceptors (Lipinski definition) is 5. The van der Waals surface area contributed by atoms with Gasteiger partial charge >= 0.3 is 6.01 Å². The molecule has 0 atom stereocenters. The molecule has 0 bridgehead atoms. The molecular weight excluding hydrogens is 294 g/mol. The third-order valence-electron chi connectivity index (χ3n) is 2.79. The molecule has 0 fully saturated rings. The van der Waals surface area contributed by atoms with Crippen LogP contribution in [0.5, 0.6) is 11.8 Å². The number of carbonyl (C=O) groups is 1. The lowest BCUT2D eigenvalue weighted by atomic mass is 10.3. The first kappa shape index (κ1) is 14.5. The van der Waals surface area contributed by atoms with Gasteiger partial charge in [0.15, 0.2) is 0 Å². The standard InChI is InChI=1S/C17H13N3O3/c21-16(8-7-14-6-2-11-22-14)20-13-4-1-5-15(12-13)23-17-18-9-3-10-19-17/h1-12H,(H,20,21)/b8-7+. The third-order valence-corrected chi connectivity index (χ3v) is 2.79. The van der Waals surface area contributed by atoms with Crippen LogP contribution in [0.25, 0.3) is 6.08 Å². The maximum absolute atomic E-state index is 11.9. The molecule has 23 heavy (non-hydrogen) atoms. The van der Waals surface area contributed by atoms with E-state index in [0.29, 0.717) is 17.2 Å². The zero-order valence-corrected chi connectivity index (χ0v) is 12.0. The number of nitrogens with one attached hydrogen (secondary N) is 1. The molecule has 2 heterocycles. The van der Waals surface area contributed by atoms with Crippen molar-refractivity contribution in [3.05, 3.63) is 73.0 Å². The number of aromatic nitrogens is 2. The summed E-state index contributed by atoms with van der Waals surface area (Å²) in [6.45, 7) is 0. The molecule has 0 spiro atoms. The Morgan fingerprint density at radius 3 is 2.78 bits per heavy atom. The largest absolute Gasteiger partial charge is 0.465 e. The molecule has 3 aromatic rings. The van der Waals surface area contributed by atoms with Gasteiger partial charge in [-0.25, -0.2) is 9.97 Å². The number of anilines is 1. The van der Waals surface area contributed by atoms with E-state index in [1.165, 1.54) is 6.08 Å². The van der Waals surface area contributed by atoms with Gasteiger partial charge < -0.3 is 14.5 Å². The van der Waals surface area contributed by atoms with Gasteiger partial charge in [0.25, 0.3) is 0 Å². The van der Waals surface area contributed by atoms with Gasteiger partial charge in [0, 0.05) is 30.2 Å². The molecule has 0 saturated carbocycles. The molecule has 0 unspecified atom stereocenters. The van der Waals surface area contributed by atoms with E-state index < -0.39 is 0 Å². The van der Waals surface area contributed by atoms with Crippen LogP contribution < -0.4 is 10.1 Å². The highest BCUT2D eigenvalue weighted by molar-refractivity contribution is 6.01. The quantitative estimate of drug-likeness (QED) is 0.730. The molecule has 1 amide bonds. The molecule has 0 aliphatic rings. The molecular formula is C17H13N3O3. The van der Waals surface area contributed by atoms with Crippen LogP contribution in [-0.2, 0) is 4.79 Å². The van der Waals surface area contributed by atoms with Crippen LogP contribution in [0.4, 0.5) is 5.69 Å². The Bertz CT molecular complexity index is 799. The average Bonchev–Trinajstić information content (AvgIpc) is 3.08. The fourth-order valence-corrected chi connectivity index (χ4v) is 1.81. The Kier molecular flexibility index (Phi) is 4.44. The number of carbonyl (C=O) groups excluding carboxylic acids is 1. The van der Waals surface area contributed by atoms with Crippen LogP contribution >= 0.6 is 0 Å². The van der Waals surface area contributed by atoms with Crippen molar-refractivity contribution in [1.29, 1.82) is 0 Å². The number of furan rings is 1. The Balaban J connectivity index is 1.64. The second kappa shape index (κ2) is 7.04. The summed E-state index contributed by atoms with van der Waals surface area (Å²) < 4.78 is 10.6. The Morgan fingerprint density at radius 2 is 2.00 bits per heavy atom. The molecule has 6 heteroatoms. The third kappa shape index (κ3) is 4.28. The van der Waals surface area contributed by atoms with Gasteiger partial charge in [-0.2, -0.15) is 0 Å². The fraction of sp³-hybridized carbons (Fsp3) is 0. The fourth-order valence-electron chi connectivity index (χ4n) is 1.81. The normalized spacial score (nSPS) is 10.6. The number of amides is 1. The minimum absolute atomic E-state index is 0.244. The van der Waals surface area contributed by atoms with E-state index in [0.717, 1.165) is 0 Å². The summed E-state index contributed by atoms with van der Waals surface area (Å²) in [5.41, 5.74) is 0.604. The number of nitrogens with zero attached hydrogens (tertiary/aromatic N) is 2. The highest BCUT2D eigenvalue weighted by Crippen LogP contribution is 2.21. The van der Waals surface area contributed by atoms with Gasteiger partial charge in [0.05, 0.1) is 6.26 Å². The monoisotopic (exact) mass is 307 g/mol. The molecule has 0 radical (unpaired) electrons. The second-order valence-electron chi connectivity index (χ2n) is 4.50. The minimum atomic E-state index is -0.269. The van der Waals surface area contributed by atoms with Crippen molar-refractivity contribution in [3.63, 3.8) is 0 Å². The van der Waals surface area contributed by atoms with Gasteiger partial charge in [-0.3, -0.25) is 4.79 Å². The van der Waals surface area contributed by atoms with Gasteiger partial charge in [-0.05, 0) is 36.4 Å². The Labute approximate surface area is 132 Å². The van der Waals surface area contributed by atoms with Gasteiger partial charge in [-0.15, -0.1) is 0 Å². The number of hydrogen-bond donors (Lipinski definition) is 1. The summed E-state index contributed by atoms with van der Waals surface area (Å²) in [7, 11) is 0. The van der Waals surface area contributed by atoms with E-state index in [-0.39, 0.29) is 11.9 Å². The Morgan fingerprint density at radius 1 is 1.13 bits per heavy atom. The first-order valence-corrected chi connectivity index (χ1v) is 6.87. The van der Waals surface area contributed by atoms with E-state index in [2.05, 4.69) is 15.3 Å². The van der Waals surface area contributed by atoms with Crippen LogP contribution in [0.3, 0.4) is 0 Å². The van der Waals surface area contributed by atoms with Crippen molar-refractivity contribution in [2.24, 2.45) is 0 Å². The van der Waals surface area contributed by atoms with Crippen molar-refractivity contribution >= 4 is 17.7 Å². The van der Waals surface area contributed by atoms with E-state index in [1.807, 2.05) is 0 Å². The maximum Gasteiger partial charge on any atom is 0.321 e. The number of ether oxygens (including phenoxy) is 1. The highest BCUT2D eigenvalue weighted by Gasteiger charge is 2.03. The summed E-state index contributed by atoms with van der Waals surface area (Å²) in [5.74, 6) is 0.872. The smallest absolute Gasteiger partial charge is 0.321 e. The maximum atomic E-state index is 11.9. The Hall–Kier alpha value is -3.41. The number of benzene rings is 1. The first-order valence-electron chi connectivity index (χ1n) is 6.87. The minimum Gasteiger partial charge on any atom is -0.465 e. The van der Waals surface area contributed by atoms with Crippen molar-refractivity contribution < 1.29 is 13.9 Å². The van der Waals surface area contributed by atoms with Crippen LogP contribution in [0.1, 0.15) is 5.76 Å². The van der Waals surface area contributed by atoms with Crippen LogP contribution in [0, 0.1) is 0 Å². The summed E-state index contributed by atoms with van der Waals surface area (Å²) in [4.78, 5) is 19.8. The van der Waals surface area contributed by atoms with Crippen molar-refractivity contribution in [2.75, 3.05) is 5.32 Å². The predicted molar refractivity (Wildman–Crippen MR) is 84.9 cm³/mol. The van der Waals surface area contributed by atoms with Crippen molar-refractivity contribution in [1.82, 2.24) is 9.97 Å². The summed E-state index contributed by atoms with van der Waals surface area (Å²) in [6.07, 6.45) is 7.71. The summed E-state index contributed by atoms with van der Waals surface area (Å²) in [5, 5.41) is 2.74. The molecule has 0 aliphatic carbocycles. The molecule has 0 aliphatic heterocycles. The molecule has 1 aromatic carbocycles. The van der Waals surface area contributed by atoms with Gasteiger partial charge in [-0.1, -0.05) is 6.07 Å². The zero-order valence-electron chi connectivity index (χ0n) is 12.0. The van der Waals surface area contributed by atoms with Crippen molar-refractivity contribution in [3.8, 4) is 11.8 Å². The SMILES string of the molecule is O=C(/C=C/c1ccco1)Nc1cccc(Oc2ncccn2)c1. The highest BCUT2D eigenvalue weighted by atomic mass is 16.5. The molecule has 2 aromatic heterocycles. The first-order chi connectivity index (χ1) is 11.3. The van der Waals surface area contributed by atoms with E-state index in [9.17, 15) is 4.79 Å². The summed E-state index contributed by atoms with van der Waals surface area (Å²) >= 11 is 0. The molecule has 6 nitrogen and oxygen atoms in total. The second-order valence-corrected chi connectivity index (χ2v) is 4.50. The lowest BCUT2D eigenvalue weighted by Crippen LogP contribution is -2.07. The van der Waals surface area contributed by atoms with E-state index >= 15 is 0 Å². The van der Waals surface area contributed by atoms with Gasteiger partial charge in [0.2, 0.25) is 5.91 Å². The van der Waals surface area contributed by atoms with Crippen LogP contribution in [0.2, 0.25) is 0 Å². The van der Waals surface area contributed by atoms with E-state index in [4.69, 9.17) is 9.15 Å². The molecule has 114 valence electrons. The average molecular weight is 307 g/mol. The summed E-state index contributed by atoms with van der Waals surface area (Å²) in [6, 6.07) is 12.4. The molecule has 0 saturated heterocycles. The predicted octanol–water partition coefficient (Wildman–Crippen LogP) is 3.51. The lowest BCUT2D eigenvalue weighted by molar-refractivity contribution is -0.111. The van der Waals surface area contributed by atoms with Gasteiger partial charge in [0.1, 0.15) is 11.5 Å². The van der Waals surface area contributed by atoms with Crippen molar-refractivity contribution in [2.45, 2.75) is 0 Å². The topological polar surface area (TPSA) is 77.2 Å². The molecule has 3 rings (SSSR count). The lowest BCUT2D eigenvalue weighted by Gasteiger charge is -2.06. The van der Waals surface area contributed by atoms with Crippen LogP contribution in [0.15, 0.2) is 71.6 Å². The molecule has 1 N–H and O–H groups in total. The van der Waals surface area contributed by atoms with E-state index in [1.54, 1.807) is 67.2 Å². The van der Waals surface area contributed by atoms with Crippen LogP contribution in [-0.4, -0.2) is 15.9 Å².